The van der Waals surface area contributed by atoms with Crippen LogP contribution in [0.3, 0.4) is 0 Å². The van der Waals surface area contributed by atoms with Crippen LogP contribution < -0.4 is 10.6 Å². The van der Waals surface area contributed by atoms with Crippen LogP contribution in [-0.4, -0.2) is 63.4 Å². The van der Waals surface area contributed by atoms with Crippen LogP contribution in [0.15, 0.2) is 91.1 Å². The third-order valence-electron chi connectivity index (χ3n) is 7.68. The van der Waals surface area contributed by atoms with Crippen molar-refractivity contribution in [2.75, 3.05) is 6.54 Å². The van der Waals surface area contributed by atoms with E-state index in [1.54, 1.807) is 72.9 Å². The van der Waals surface area contributed by atoms with Gasteiger partial charge in [-0.25, -0.2) is 8.78 Å². The number of aliphatic hydroxyl groups is 1. The van der Waals surface area contributed by atoms with Crippen molar-refractivity contribution >= 4 is 28.6 Å². The number of likely N-dealkylation sites (tertiary alicyclic amines) is 1. The highest BCUT2D eigenvalue weighted by atomic mass is 19.3. The van der Waals surface area contributed by atoms with E-state index in [9.17, 15) is 28.3 Å². The minimum Gasteiger partial charge on any atom is -0.381 e. The number of hydrogen-bond acceptors (Lipinski definition) is 5. The third-order valence-corrected chi connectivity index (χ3v) is 7.68. The van der Waals surface area contributed by atoms with Gasteiger partial charge in [-0.15, -0.1) is 0 Å². The van der Waals surface area contributed by atoms with Crippen LogP contribution in [0, 0.1) is 6.92 Å². The number of pyridine rings is 1. The first-order chi connectivity index (χ1) is 20.6. The summed E-state index contributed by atoms with van der Waals surface area (Å²) in [4.78, 5) is 45.0. The number of alkyl halides is 2. The summed E-state index contributed by atoms with van der Waals surface area (Å²) in [5, 5.41) is 17.4. The normalized spacial score (nSPS) is 17.3. The van der Waals surface area contributed by atoms with Gasteiger partial charge in [0, 0.05) is 30.1 Å². The summed E-state index contributed by atoms with van der Waals surface area (Å²) in [7, 11) is 0. The minimum atomic E-state index is -3.32. The van der Waals surface area contributed by atoms with Gasteiger partial charge in [-0.05, 0) is 54.3 Å². The quantitative estimate of drug-likeness (QED) is 0.276. The molecule has 43 heavy (non-hydrogen) atoms. The Labute approximate surface area is 247 Å². The third kappa shape index (κ3) is 7.03. The molecule has 1 aliphatic rings. The van der Waals surface area contributed by atoms with E-state index in [1.807, 2.05) is 25.1 Å². The number of benzene rings is 3. The number of carbonyl (C=O) groups excluding carboxylic acids is 3. The second-order valence-electron chi connectivity index (χ2n) is 10.8. The number of aryl methyl sites for hydroxylation is 1. The summed E-state index contributed by atoms with van der Waals surface area (Å²) in [5.41, 5.74) is 3.41. The lowest BCUT2D eigenvalue weighted by atomic mass is 9.99. The topological polar surface area (TPSA) is 112 Å². The average molecular weight is 587 g/mol. The maximum absolute atomic E-state index is 14.6. The van der Waals surface area contributed by atoms with E-state index in [4.69, 9.17) is 0 Å². The monoisotopic (exact) mass is 586 g/mol. The predicted molar refractivity (Wildman–Crippen MR) is 157 cm³/mol. The molecule has 0 aliphatic carbocycles. The zero-order valence-corrected chi connectivity index (χ0v) is 23.5. The zero-order chi connectivity index (χ0) is 30.6. The molecule has 3 aromatic carbocycles. The van der Waals surface area contributed by atoms with Crippen LogP contribution in [0.4, 0.5) is 8.78 Å². The molecule has 10 heteroatoms. The Morgan fingerprint density at radius 2 is 1.77 bits per heavy atom. The number of halogens is 2. The fraction of sp³-hybridized carbons (Fsp3) is 0.273. The number of rotatable bonds is 9. The van der Waals surface area contributed by atoms with Crippen molar-refractivity contribution in [1.29, 1.82) is 0 Å². The Hall–Kier alpha value is -4.70. The smallest absolute Gasteiger partial charge is 0.267 e. The predicted octanol–water partition coefficient (Wildman–Crippen LogP) is 3.80. The molecule has 8 nitrogen and oxygen atoms in total. The highest BCUT2D eigenvalue weighted by Crippen LogP contribution is 2.33. The number of nitrogens with one attached hydrogen (secondary N) is 2. The van der Waals surface area contributed by atoms with Crippen LogP contribution in [0.5, 0.6) is 0 Å². The second-order valence-corrected chi connectivity index (χ2v) is 10.8. The number of hydrogen-bond donors (Lipinski definition) is 3. The molecule has 0 radical (unpaired) electrons. The minimum absolute atomic E-state index is 0.0446. The largest absolute Gasteiger partial charge is 0.381 e. The summed E-state index contributed by atoms with van der Waals surface area (Å²) in [5.74, 6) is -5.68. The van der Waals surface area contributed by atoms with Crippen LogP contribution >= 0.6 is 0 Å². The van der Waals surface area contributed by atoms with Crippen LogP contribution in [0.2, 0.25) is 0 Å². The van der Waals surface area contributed by atoms with Gasteiger partial charge in [-0.2, -0.15) is 0 Å². The van der Waals surface area contributed by atoms with Crippen LogP contribution in [-0.2, 0) is 22.6 Å². The molecule has 0 saturated carbocycles. The first kappa shape index (κ1) is 29.8. The van der Waals surface area contributed by atoms with Gasteiger partial charge in [0.2, 0.25) is 5.91 Å². The molecular weight excluding hydrogens is 554 g/mol. The summed E-state index contributed by atoms with van der Waals surface area (Å²) in [6.07, 6.45) is -1.08. The zero-order valence-electron chi connectivity index (χ0n) is 23.5. The highest BCUT2D eigenvalue weighted by Gasteiger charge is 2.51. The van der Waals surface area contributed by atoms with Gasteiger partial charge < -0.3 is 20.6 Å². The number of fused-ring (bicyclic) bond motifs is 1. The van der Waals surface area contributed by atoms with E-state index in [2.05, 4.69) is 15.6 Å². The molecule has 3 unspecified atom stereocenters. The molecular formula is C33H32F2N4O4. The Morgan fingerprint density at radius 3 is 2.53 bits per heavy atom. The number of carbonyl (C=O) groups is 3. The Bertz CT molecular complexity index is 1630. The molecule has 0 spiro atoms. The van der Waals surface area contributed by atoms with Gasteiger partial charge in [0.25, 0.3) is 17.7 Å². The molecule has 3 N–H and O–H groups in total. The lowest BCUT2D eigenvalue weighted by Gasteiger charge is -2.30. The molecule has 3 amide bonds. The maximum Gasteiger partial charge on any atom is 0.267 e. The highest BCUT2D eigenvalue weighted by molar-refractivity contribution is 5.98. The molecule has 0 bridgehead atoms. The van der Waals surface area contributed by atoms with Crippen LogP contribution in [0.1, 0.15) is 33.5 Å². The van der Waals surface area contributed by atoms with Gasteiger partial charge >= 0.3 is 0 Å². The van der Waals surface area contributed by atoms with E-state index in [-0.39, 0.29) is 18.5 Å². The fourth-order valence-corrected chi connectivity index (χ4v) is 5.31. The number of aliphatic hydroxyl groups excluding tert-OH is 1. The molecule has 2 heterocycles. The SMILES string of the molecule is Cc1ccccc1CNC(=O)C1CC(F)(F)CN1C(=O)C(O)C(Cc1ccccc1)NC(=O)c1ccc2ncccc2c1. The van der Waals surface area contributed by atoms with Crippen molar-refractivity contribution in [1.82, 2.24) is 20.5 Å². The van der Waals surface area contributed by atoms with Gasteiger partial charge in [-0.3, -0.25) is 19.4 Å². The van der Waals surface area contributed by atoms with E-state index in [1.165, 1.54) is 0 Å². The number of nitrogens with zero attached hydrogens (tertiary/aromatic N) is 2. The van der Waals surface area contributed by atoms with E-state index in [0.29, 0.717) is 11.1 Å². The van der Waals surface area contributed by atoms with Gasteiger partial charge in [0.05, 0.1) is 18.1 Å². The van der Waals surface area contributed by atoms with Crippen molar-refractivity contribution in [3.05, 3.63) is 113 Å². The van der Waals surface area contributed by atoms with Crippen molar-refractivity contribution < 1.29 is 28.3 Å². The molecule has 1 fully saturated rings. The summed E-state index contributed by atoms with van der Waals surface area (Å²) in [6.45, 7) is 0.953. The van der Waals surface area contributed by atoms with E-state index >= 15 is 0 Å². The fourth-order valence-electron chi connectivity index (χ4n) is 5.31. The van der Waals surface area contributed by atoms with Crippen molar-refractivity contribution in [2.24, 2.45) is 0 Å². The van der Waals surface area contributed by atoms with E-state index < -0.39 is 54.8 Å². The van der Waals surface area contributed by atoms with Crippen molar-refractivity contribution in [3.8, 4) is 0 Å². The lowest BCUT2D eigenvalue weighted by molar-refractivity contribution is -0.147. The maximum atomic E-state index is 14.6. The summed E-state index contributed by atoms with van der Waals surface area (Å²) in [6, 6.07) is 22.0. The first-order valence-corrected chi connectivity index (χ1v) is 14.0. The molecule has 4 aromatic rings. The average Bonchev–Trinajstić information content (AvgIpc) is 3.35. The Kier molecular flexibility index (Phi) is 8.77. The molecule has 5 rings (SSSR count). The second kappa shape index (κ2) is 12.7. The summed E-state index contributed by atoms with van der Waals surface area (Å²) < 4.78 is 29.3. The van der Waals surface area contributed by atoms with Crippen molar-refractivity contribution in [3.63, 3.8) is 0 Å². The Morgan fingerprint density at radius 1 is 1.02 bits per heavy atom. The summed E-state index contributed by atoms with van der Waals surface area (Å²) >= 11 is 0. The first-order valence-electron chi connectivity index (χ1n) is 14.0. The van der Waals surface area contributed by atoms with Gasteiger partial charge in [0.1, 0.15) is 6.04 Å². The van der Waals surface area contributed by atoms with E-state index in [0.717, 1.165) is 21.4 Å². The lowest BCUT2D eigenvalue weighted by Crippen LogP contribution is -2.55. The molecule has 3 atom stereocenters. The van der Waals surface area contributed by atoms with Gasteiger partial charge in [-0.1, -0.05) is 60.7 Å². The van der Waals surface area contributed by atoms with Gasteiger partial charge in [0.15, 0.2) is 6.10 Å². The molecule has 1 aromatic heterocycles. The Balaban J connectivity index is 1.36. The molecule has 1 aliphatic heterocycles. The standard InChI is InChI=1S/C33H32F2N4O4/c1-21-8-5-6-11-25(21)19-37-31(42)28-18-33(34,35)20-39(28)32(43)29(40)27(16-22-9-3-2-4-10-22)38-30(41)24-13-14-26-23(17-24)12-7-15-36-26/h2-15,17,27-29,40H,16,18-20H2,1H3,(H,37,42)(H,38,41). The molecule has 222 valence electrons. The molecule has 1 saturated heterocycles. The van der Waals surface area contributed by atoms with Crippen LogP contribution in [0.25, 0.3) is 10.9 Å². The number of aromatic nitrogens is 1. The van der Waals surface area contributed by atoms with Crippen molar-refractivity contribution in [2.45, 2.75) is 50.4 Å². The number of amides is 3.